The fourth-order valence-electron chi connectivity index (χ4n) is 3.97. The van der Waals surface area contributed by atoms with Crippen LogP contribution < -0.4 is 0 Å². The van der Waals surface area contributed by atoms with Crippen LogP contribution in [-0.2, 0) is 18.7 Å². The van der Waals surface area contributed by atoms with Crippen molar-refractivity contribution in [1.82, 2.24) is 24.3 Å². The first-order chi connectivity index (χ1) is 15.5. The number of benzene rings is 3. The monoisotopic (exact) mass is 431 g/mol. The standard InChI is InChI=1S/C24H19F2N5O/c25-18-10-11-19(20(26)12-18)24(32,13-30-16-27-15-28-30)14-31-22-9-5-4-8-21(22)29-23(31)17-6-2-1-3-7-17/h1-12,15-16,32H,13-14H2. The van der Waals surface area contributed by atoms with Gasteiger partial charge in [-0.3, -0.25) is 0 Å². The van der Waals surface area contributed by atoms with Crippen LogP contribution in [0.2, 0.25) is 0 Å². The molecule has 0 aliphatic carbocycles. The second-order valence-electron chi connectivity index (χ2n) is 7.63. The number of imidazole rings is 1. The zero-order valence-electron chi connectivity index (χ0n) is 16.9. The van der Waals surface area contributed by atoms with Crippen molar-refractivity contribution in [2.75, 3.05) is 0 Å². The molecule has 32 heavy (non-hydrogen) atoms. The summed E-state index contributed by atoms with van der Waals surface area (Å²) in [6, 6.07) is 20.3. The number of halogens is 2. The lowest BCUT2D eigenvalue weighted by Gasteiger charge is -2.30. The molecule has 0 amide bonds. The number of aromatic nitrogens is 5. The van der Waals surface area contributed by atoms with Crippen LogP contribution in [0.25, 0.3) is 22.4 Å². The first-order valence-corrected chi connectivity index (χ1v) is 10.0. The average molecular weight is 431 g/mol. The Hall–Kier alpha value is -3.91. The fraction of sp³-hybridized carbons (Fsp3) is 0.125. The van der Waals surface area contributed by atoms with E-state index in [9.17, 15) is 13.9 Å². The number of hydrogen-bond donors (Lipinski definition) is 1. The third-order valence-corrected chi connectivity index (χ3v) is 5.43. The molecule has 2 aromatic heterocycles. The maximum Gasteiger partial charge on any atom is 0.141 e. The normalized spacial score (nSPS) is 13.3. The van der Waals surface area contributed by atoms with Gasteiger partial charge in [-0.1, -0.05) is 48.5 Å². The molecule has 8 heteroatoms. The molecule has 160 valence electrons. The molecule has 0 aliphatic rings. The van der Waals surface area contributed by atoms with Gasteiger partial charge in [-0.2, -0.15) is 5.10 Å². The summed E-state index contributed by atoms with van der Waals surface area (Å²) < 4.78 is 31.8. The van der Waals surface area contributed by atoms with Crippen molar-refractivity contribution in [1.29, 1.82) is 0 Å². The Balaban J connectivity index is 1.69. The summed E-state index contributed by atoms with van der Waals surface area (Å²) in [6.45, 7) is -0.129. The summed E-state index contributed by atoms with van der Waals surface area (Å²) in [5.41, 5.74) is 0.580. The molecule has 0 aliphatic heterocycles. The van der Waals surface area contributed by atoms with Gasteiger partial charge in [0.1, 0.15) is 35.7 Å². The largest absolute Gasteiger partial charge is 0.381 e. The molecule has 0 bridgehead atoms. The van der Waals surface area contributed by atoms with Crippen molar-refractivity contribution in [3.05, 3.63) is 103 Å². The molecular weight excluding hydrogens is 412 g/mol. The summed E-state index contributed by atoms with van der Waals surface area (Å²) in [5, 5.41) is 15.9. The first kappa shape index (κ1) is 20.0. The van der Waals surface area contributed by atoms with E-state index in [0.29, 0.717) is 5.82 Å². The molecule has 3 aromatic carbocycles. The molecule has 1 atom stereocenters. The Bertz CT molecular complexity index is 1370. The summed E-state index contributed by atoms with van der Waals surface area (Å²) in [5.74, 6) is -0.919. The lowest BCUT2D eigenvalue weighted by Crippen LogP contribution is -2.37. The molecule has 1 unspecified atom stereocenters. The topological polar surface area (TPSA) is 68.8 Å². The Kier molecular flexibility index (Phi) is 4.99. The lowest BCUT2D eigenvalue weighted by atomic mass is 9.92. The first-order valence-electron chi connectivity index (χ1n) is 10.0. The molecule has 1 N–H and O–H groups in total. The number of fused-ring (bicyclic) bond motifs is 1. The highest BCUT2D eigenvalue weighted by molar-refractivity contribution is 5.80. The number of aliphatic hydroxyl groups is 1. The van der Waals surface area contributed by atoms with E-state index in [2.05, 4.69) is 10.1 Å². The Morgan fingerprint density at radius 3 is 2.44 bits per heavy atom. The summed E-state index contributed by atoms with van der Waals surface area (Å²) in [7, 11) is 0. The van der Waals surface area contributed by atoms with Gasteiger partial charge in [-0.25, -0.2) is 23.4 Å². The van der Waals surface area contributed by atoms with Gasteiger partial charge in [0.2, 0.25) is 0 Å². The van der Waals surface area contributed by atoms with Crippen LogP contribution in [0.5, 0.6) is 0 Å². The highest BCUT2D eigenvalue weighted by Gasteiger charge is 2.35. The van der Waals surface area contributed by atoms with Crippen molar-refractivity contribution in [2.45, 2.75) is 18.7 Å². The van der Waals surface area contributed by atoms with Gasteiger partial charge in [-0.05, 0) is 18.2 Å². The zero-order chi connectivity index (χ0) is 22.1. The Morgan fingerprint density at radius 2 is 1.69 bits per heavy atom. The van der Waals surface area contributed by atoms with E-state index in [1.54, 1.807) is 0 Å². The van der Waals surface area contributed by atoms with Gasteiger partial charge in [0.05, 0.1) is 24.1 Å². The minimum Gasteiger partial charge on any atom is -0.381 e. The molecular formula is C24H19F2N5O. The van der Waals surface area contributed by atoms with Crippen LogP contribution in [0.15, 0.2) is 85.5 Å². The maximum absolute atomic E-state index is 14.9. The third kappa shape index (κ3) is 3.65. The molecule has 0 spiro atoms. The average Bonchev–Trinajstić information content (AvgIpc) is 3.42. The summed E-state index contributed by atoms with van der Waals surface area (Å²) in [6.07, 6.45) is 2.78. The van der Waals surface area contributed by atoms with Gasteiger partial charge in [-0.15, -0.1) is 0 Å². The second kappa shape index (κ2) is 7.97. The molecule has 0 saturated carbocycles. The van der Waals surface area contributed by atoms with Crippen LogP contribution in [0.1, 0.15) is 5.56 Å². The predicted octanol–water partition coefficient (Wildman–Crippen LogP) is 4.16. The third-order valence-electron chi connectivity index (χ3n) is 5.43. The van der Waals surface area contributed by atoms with Crippen molar-refractivity contribution in [2.24, 2.45) is 0 Å². The molecule has 0 radical (unpaired) electrons. The fourth-order valence-corrected chi connectivity index (χ4v) is 3.97. The molecule has 6 nitrogen and oxygen atoms in total. The lowest BCUT2D eigenvalue weighted by molar-refractivity contribution is -0.00409. The van der Waals surface area contributed by atoms with Gasteiger partial charge in [0.15, 0.2) is 0 Å². The summed E-state index contributed by atoms with van der Waals surface area (Å²) >= 11 is 0. The number of para-hydroxylation sites is 2. The van der Waals surface area contributed by atoms with Crippen molar-refractivity contribution < 1.29 is 13.9 Å². The zero-order valence-corrected chi connectivity index (χ0v) is 16.9. The van der Waals surface area contributed by atoms with Crippen LogP contribution in [-0.4, -0.2) is 29.4 Å². The van der Waals surface area contributed by atoms with E-state index in [-0.39, 0.29) is 18.7 Å². The van der Waals surface area contributed by atoms with E-state index in [1.807, 2.05) is 59.2 Å². The van der Waals surface area contributed by atoms with Crippen molar-refractivity contribution in [3.63, 3.8) is 0 Å². The Labute approximate surface area is 182 Å². The quantitative estimate of drug-likeness (QED) is 0.438. The number of rotatable bonds is 6. The SMILES string of the molecule is OC(Cn1cncn1)(Cn1c(-c2ccccc2)nc2ccccc21)c1ccc(F)cc1F. The van der Waals surface area contributed by atoms with E-state index in [4.69, 9.17) is 4.98 Å². The van der Waals surface area contributed by atoms with E-state index in [1.165, 1.54) is 23.4 Å². The highest BCUT2D eigenvalue weighted by Crippen LogP contribution is 2.33. The van der Waals surface area contributed by atoms with Crippen LogP contribution in [0.3, 0.4) is 0 Å². The van der Waals surface area contributed by atoms with E-state index < -0.39 is 17.2 Å². The second-order valence-corrected chi connectivity index (χ2v) is 7.63. The van der Waals surface area contributed by atoms with Gasteiger partial charge in [0.25, 0.3) is 0 Å². The van der Waals surface area contributed by atoms with Crippen molar-refractivity contribution >= 4 is 11.0 Å². The maximum atomic E-state index is 14.9. The molecule has 0 fully saturated rings. The molecule has 0 saturated heterocycles. The predicted molar refractivity (Wildman–Crippen MR) is 115 cm³/mol. The smallest absolute Gasteiger partial charge is 0.141 e. The Morgan fingerprint density at radius 1 is 0.906 bits per heavy atom. The van der Waals surface area contributed by atoms with Crippen LogP contribution in [0, 0.1) is 11.6 Å². The van der Waals surface area contributed by atoms with Gasteiger partial charge >= 0.3 is 0 Å². The van der Waals surface area contributed by atoms with Crippen LogP contribution >= 0.6 is 0 Å². The molecule has 5 rings (SSSR count). The minimum absolute atomic E-state index is 0.0359. The highest BCUT2D eigenvalue weighted by atomic mass is 19.1. The minimum atomic E-state index is -1.77. The number of nitrogens with zero attached hydrogens (tertiary/aromatic N) is 5. The van der Waals surface area contributed by atoms with Gasteiger partial charge in [0, 0.05) is 17.2 Å². The molecule has 5 aromatic rings. The number of hydrogen-bond acceptors (Lipinski definition) is 4. The van der Waals surface area contributed by atoms with Gasteiger partial charge < -0.3 is 9.67 Å². The van der Waals surface area contributed by atoms with Crippen LogP contribution in [0.4, 0.5) is 8.78 Å². The van der Waals surface area contributed by atoms with E-state index in [0.717, 1.165) is 28.7 Å². The molecule has 2 heterocycles. The van der Waals surface area contributed by atoms with Crippen molar-refractivity contribution in [3.8, 4) is 11.4 Å². The summed E-state index contributed by atoms with van der Waals surface area (Å²) in [4.78, 5) is 8.67. The van der Waals surface area contributed by atoms with E-state index >= 15 is 0 Å².